The van der Waals surface area contributed by atoms with Gasteiger partial charge in [-0.15, -0.1) is 0 Å². The summed E-state index contributed by atoms with van der Waals surface area (Å²) < 4.78 is 19.1. The van der Waals surface area contributed by atoms with E-state index in [0.29, 0.717) is 22.9 Å². The molecule has 0 aliphatic rings. The fraction of sp³-hybridized carbons (Fsp3) is 0.154. The van der Waals surface area contributed by atoms with Crippen LogP contribution < -0.4 is 5.73 Å². The van der Waals surface area contributed by atoms with Crippen molar-refractivity contribution in [3.05, 3.63) is 42.0 Å². The molecule has 3 rings (SSSR count). The molecule has 92 valence electrons. The average molecular weight is 245 g/mol. The standard InChI is InChI=1S/C13H12FN3O/c1-7(15)11-6-16-13(18-11)10-5-8-3-2-4-9(14)12(8)17-10/h2-7,17H,15H2,1H3/t7-/m0/s1. The maximum absolute atomic E-state index is 13.5. The molecule has 0 amide bonds. The molecule has 0 saturated carbocycles. The fourth-order valence-corrected chi connectivity index (χ4v) is 1.86. The maximum atomic E-state index is 13.5. The SMILES string of the molecule is C[C@H](N)c1cnc(-c2cc3cccc(F)c3[nH]2)o1. The highest BCUT2D eigenvalue weighted by molar-refractivity contribution is 5.84. The first-order valence-electron chi connectivity index (χ1n) is 5.64. The largest absolute Gasteiger partial charge is 0.438 e. The number of fused-ring (bicyclic) bond motifs is 1. The van der Waals surface area contributed by atoms with Crippen molar-refractivity contribution in [2.24, 2.45) is 5.73 Å². The van der Waals surface area contributed by atoms with Gasteiger partial charge in [0, 0.05) is 5.39 Å². The summed E-state index contributed by atoms with van der Waals surface area (Å²) in [4.78, 5) is 7.09. The van der Waals surface area contributed by atoms with Crippen molar-refractivity contribution < 1.29 is 8.81 Å². The second-order valence-electron chi connectivity index (χ2n) is 4.24. The van der Waals surface area contributed by atoms with Crippen LogP contribution in [0.1, 0.15) is 18.7 Å². The molecule has 2 heterocycles. The van der Waals surface area contributed by atoms with E-state index < -0.39 is 0 Å². The summed E-state index contributed by atoms with van der Waals surface area (Å²) >= 11 is 0. The zero-order valence-corrected chi connectivity index (χ0v) is 9.77. The van der Waals surface area contributed by atoms with Gasteiger partial charge in [-0.25, -0.2) is 9.37 Å². The Balaban J connectivity index is 2.10. The van der Waals surface area contributed by atoms with Gasteiger partial charge in [0.05, 0.1) is 17.8 Å². The lowest BCUT2D eigenvalue weighted by Gasteiger charge is -1.96. The molecule has 3 aromatic rings. The molecule has 0 fully saturated rings. The summed E-state index contributed by atoms with van der Waals surface area (Å²) in [5, 5.41) is 0.783. The molecule has 1 aromatic carbocycles. The van der Waals surface area contributed by atoms with Gasteiger partial charge in [-0.05, 0) is 19.1 Å². The maximum Gasteiger partial charge on any atom is 0.243 e. The van der Waals surface area contributed by atoms with E-state index in [0.717, 1.165) is 5.39 Å². The summed E-state index contributed by atoms with van der Waals surface area (Å²) in [6.07, 6.45) is 1.59. The summed E-state index contributed by atoms with van der Waals surface area (Å²) in [5.41, 5.74) is 6.79. The number of rotatable bonds is 2. The normalized spacial score (nSPS) is 13.1. The lowest BCUT2D eigenvalue weighted by atomic mass is 10.2. The highest BCUT2D eigenvalue weighted by Gasteiger charge is 2.13. The van der Waals surface area contributed by atoms with Crippen LogP contribution in [0.4, 0.5) is 4.39 Å². The summed E-state index contributed by atoms with van der Waals surface area (Å²) in [6.45, 7) is 1.81. The Bertz CT molecular complexity index is 699. The average Bonchev–Trinajstić information content (AvgIpc) is 2.95. The van der Waals surface area contributed by atoms with Gasteiger partial charge in [-0.2, -0.15) is 0 Å². The predicted octanol–water partition coefficient (Wildman–Crippen LogP) is 2.98. The van der Waals surface area contributed by atoms with E-state index in [1.54, 1.807) is 18.3 Å². The van der Waals surface area contributed by atoms with Gasteiger partial charge in [-0.3, -0.25) is 0 Å². The first kappa shape index (κ1) is 11.0. The van der Waals surface area contributed by atoms with Crippen LogP contribution in [0.2, 0.25) is 0 Å². The van der Waals surface area contributed by atoms with E-state index in [4.69, 9.17) is 10.2 Å². The van der Waals surface area contributed by atoms with Gasteiger partial charge in [-0.1, -0.05) is 12.1 Å². The third-order valence-corrected chi connectivity index (χ3v) is 2.81. The molecule has 2 aromatic heterocycles. The Hall–Kier alpha value is -2.14. The number of hydrogen-bond donors (Lipinski definition) is 2. The third kappa shape index (κ3) is 1.69. The van der Waals surface area contributed by atoms with Crippen LogP contribution >= 0.6 is 0 Å². The molecule has 3 N–H and O–H groups in total. The number of H-pyrrole nitrogens is 1. The smallest absolute Gasteiger partial charge is 0.243 e. The van der Waals surface area contributed by atoms with E-state index in [9.17, 15) is 4.39 Å². The Morgan fingerprint density at radius 1 is 1.44 bits per heavy atom. The number of aromatic nitrogens is 2. The summed E-state index contributed by atoms with van der Waals surface area (Å²) in [6, 6.07) is 6.49. The van der Waals surface area contributed by atoms with Crippen LogP contribution in [0.3, 0.4) is 0 Å². The monoisotopic (exact) mass is 245 g/mol. The quantitative estimate of drug-likeness (QED) is 0.729. The van der Waals surface area contributed by atoms with Gasteiger partial charge >= 0.3 is 0 Å². The molecule has 5 heteroatoms. The molecule has 0 radical (unpaired) electrons. The molecular weight excluding hydrogens is 233 g/mol. The van der Waals surface area contributed by atoms with E-state index >= 15 is 0 Å². The number of para-hydroxylation sites is 1. The highest BCUT2D eigenvalue weighted by Crippen LogP contribution is 2.26. The van der Waals surface area contributed by atoms with Gasteiger partial charge < -0.3 is 15.1 Å². The van der Waals surface area contributed by atoms with Crippen LogP contribution in [0.15, 0.2) is 34.9 Å². The molecule has 18 heavy (non-hydrogen) atoms. The van der Waals surface area contributed by atoms with Gasteiger partial charge in [0.25, 0.3) is 0 Å². The molecule has 0 saturated heterocycles. The van der Waals surface area contributed by atoms with Crippen LogP contribution in [0.5, 0.6) is 0 Å². The van der Waals surface area contributed by atoms with Crippen molar-refractivity contribution in [2.75, 3.05) is 0 Å². The van der Waals surface area contributed by atoms with Crippen LogP contribution in [-0.2, 0) is 0 Å². The van der Waals surface area contributed by atoms with Crippen molar-refractivity contribution in [3.63, 3.8) is 0 Å². The Morgan fingerprint density at radius 3 is 2.94 bits per heavy atom. The Kier molecular flexibility index (Phi) is 2.41. The molecule has 0 bridgehead atoms. The minimum Gasteiger partial charge on any atom is -0.438 e. The van der Waals surface area contributed by atoms with E-state index in [2.05, 4.69) is 9.97 Å². The molecule has 0 spiro atoms. The number of nitrogens with zero attached hydrogens (tertiary/aromatic N) is 1. The fourth-order valence-electron chi connectivity index (χ4n) is 1.86. The Labute approximate surface area is 103 Å². The number of oxazole rings is 1. The number of hydrogen-bond acceptors (Lipinski definition) is 3. The molecule has 1 atom stereocenters. The molecular formula is C13H12FN3O. The minimum absolute atomic E-state index is 0.215. The van der Waals surface area contributed by atoms with E-state index in [-0.39, 0.29) is 11.9 Å². The van der Waals surface area contributed by atoms with Gasteiger partial charge in [0.15, 0.2) is 0 Å². The van der Waals surface area contributed by atoms with Crippen molar-refractivity contribution in [1.82, 2.24) is 9.97 Å². The molecule has 0 aliphatic carbocycles. The molecule has 4 nitrogen and oxygen atoms in total. The third-order valence-electron chi connectivity index (χ3n) is 2.81. The first-order chi connectivity index (χ1) is 8.65. The zero-order valence-electron chi connectivity index (χ0n) is 9.77. The number of benzene rings is 1. The predicted molar refractivity (Wildman–Crippen MR) is 66.4 cm³/mol. The second kappa shape index (κ2) is 3.96. The molecule has 0 aliphatic heterocycles. The lowest BCUT2D eigenvalue weighted by Crippen LogP contribution is -2.02. The minimum atomic E-state index is -0.294. The summed E-state index contributed by atoms with van der Waals surface area (Å²) in [5.74, 6) is 0.722. The van der Waals surface area contributed by atoms with Crippen molar-refractivity contribution >= 4 is 10.9 Å². The topological polar surface area (TPSA) is 67.8 Å². The molecule has 0 unspecified atom stereocenters. The van der Waals surface area contributed by atoms with Crippen LogP contribution in [0.25, 0.3) is 22.5 Å². The number of aromatic amines is 1. The first-order valence-corrected chi connectivity index (χ1v) is 5.64. The lowest BCUT2D eigenvalue weighted by molar-refractivity contribution is 0.487. The van der Waals surface area contributed by atoms with E-state index in [1.165, 1.54) is 6.07 Å². The highest BCUT2D eigenvalue weighted by atomic mass is 19.1. The number of nitrogens with one attached hydrogen (secondary N) is 1. The number of halogens is 1. The number of nitrogens with two attached hydrogens (primary N) is 1. The van der Waals surface area contributed by atoms with Gasteiger partial charge in [0.2, 0.25) is 5.89 Å². The summed E-state index contributed by atoms with van der Waals surface area (Å²) in [7, 11) is 0. The Morgan fingerprint density at radius 2 is 2.28 bits per heavy atom. The van der Waals surface area contributed by atoms with Crippen LogP contribution in [0, 0.1) is 5.82 Å². The van der Waals surface area contributed by atoms with Crippen molar-refractivity contribution in [1.29, 1.82) is 0 Å². The van der Waals surface area contributed by atoms with Crippen LogP contribution in [-0.4, -0.2) is 9.97 Å². The van der Waals surface area contributed by atoms with E-state index in [1.807, 2.05) is 13.0 Å². The zero-order chi connectivity index (χ0) is 12.7. The van der Waals surface area contributed by atoms with Gasteiger partial charge in [0.1, 0.15) is 17.3 Å². The van der Waals surface area contributed by atoms with Crippen molar-refractivity contribution in [2.45, 2.75) is 13.0 Å². The van der Waals surface area contributed by atoms with Crippen molar-refractivity contribution in [3.8, 4) is 11.6 Å². The second-order valence-corrected chi connectivity index (χ2v) is 4.24.